The smallest absolute Gasteiger partial charge is 0.219 e. The molecular weight excluding hydrogens is 378 g/mol. The van der Waals surface area contributed by atoms with Gasteiger partial charge < -0.3 is 20.9 Å². The number of amides is 1. The van der Waals surface area contributed by atoms with Crippen molar-refractivity contribution < 1.29 is 4.79 Å². The third-order valence-electron chi connectivity index (χ3n) is 5.26. The average molecular weight is 410 g/mol. The molecule has 0 fully saturated rings. The summed E-state index contributed by atoms with van der Waals surface area (Å²) >= 11 is 0. The number of aromatic nitrogens is 2. The second-order valence-corrected chi connectivity index (χ2v) is 7.74. The summed E-state index contributed by atoms with van der Waals surface area (Å²) in [6, 6.07) is 7.94. The summed E-state index contributed by atoms with van der Waals surface area (Å²) in [6.07, 6.45) is 4.68. The molecule has 1 aliphatic heterocycles. The topological polar surface area (TPSA) is 91.8 Å². The molecule has 0 saturated heterocycles. The Morgan fingerprint density at radius 2 is 2.00 bits per heavy atom. The van der Waals surface area contributed by atoms with Crippen LogP contribution in [0, 0.1) is 0 Å². The van der Waals surface area contributed by atoms with Crippen molar-refractivity contribution in [1.82, 2.24) is 24.9 Å². The lowest BCUT2D eigenvalue weighted by molar-refractivity contribution is -0.128. The van der Waals surface area contributed by atoms with Crippen LogP contribution in [0.4, 0.5) is 5.69 Å². The SMILES string of the molecule is CNC1=C(C(N)=Nc2ccc(-c3cnn(CCN(C)C)c3)cc2)CN(C(C)=O)CC1. The largest absolute Gasteiger partial charge is 0.391 e. The molecule has 30 heavy (non-hydrogen) atoms. The van der Waals surface area contributed by atoms with Gasteiger partial charge in [-0.1, -0.05) is 12.1 Å². The summed E-state index contributed by atoms with van der Waals surface area (Å²) in [5.74, 6) is 0.487. The van der Waals surface area contributed by atoms with Crippen LogP contribution in [-0.4, -0.2) is 72.1 Å². The zero-order chi connectivity index (χ0) is 21.7. The molecule has 8 heteroatoms. The van der Waals surface area contributed by atoms with Crippen molar-refractivity contribution in [3.05, 3.63) is 47.9 Å². The third-order valence-corrected chi connectivity index (χ3v) is 5.26. The molecule has 1 aromatic carbocycles. The van der Waals surface area contributed by atoms with Crippen LogP contribution in [0.25, 0.3) is 11.1 Å². The zero-order valence-electron chi connectivity index (χ0n) is 18.2. The number of benzene rings is 1. The van der Waals surface area contributed by atoms with Gasteiger partial charge in [0.25, 0.3) is 0 Å². The van der Waals surface area contributed by atoms with Crippen molar-refractivity contribution in [3.63, 3.8) is 0 Å². The molecule has 0 unspecified atom stereocenters. The van der Waals surface area contributed by atoms with Crippen molar-refractivity contribution in [2.45, 2.75) is 19.9 Å². The highest BCUT2D eigenvalue weighted by molar-refractivity contribution is 6.00. The van der Waals surface area contributed by atoms with Crippen LogP contribution in [-0.2, 0) is 11.3 Å². The minimum atomic E-state index is 0.0472. The molecule has 1 aliphatic rings. The van der Waals surface area contributed by atoms with E-state index in [1.54, 1.807) is 11.8 Å². The Morgan fingerprint density at radius 1 is 1.27 bits per heavy atom. The van der Waals surface area contributed by atoms with Gasteiger partial charge in [0.15, 0.2) is 0 Å². The number of hydrogen-bond donors (Lipinski definition) is 2. The van der Waals surface area contributed by atoms with Crippen molar-refractivity contribution in [2.75, 3.05) is 40.8 Å². The maximum absolute atomic E-state index is 11.8. The number of nitrogens with two attached hydrogens (primary N) is 1. The van der Waals surface area contributed by atoms with Gasteiger partial charge in [-0.2, -0.15) is 5.10 Å². The molecule has 160 valence electrons. The van der Waals surface area contributed by atoms with Gasteiger partial charge in [0.05, 0.1) is 25.0 Å². The van der Waals surface area contributed by atoms with Gasteiger partial charge in [0.1, 0.15) is 5.84 Å². The van der Waals surface area contributed by atoms with E-state index in [0.717, 1.165) is 47.6 Å². The number of carbonyl (C=O) groups is 1. The van der Waals surface area contributed by atoms with Crippen LogP contribution in [0.3, 0.4) is 0 Å². The fourth-order valence-corrected chi connectivity index (χ4v) is 3.42. The summed E-state index contributed by atoms with van der Waals surface area (Å²) in [6.45, 7) is 4.55. The molecule has 2 aromatic rings. The van der Waals surface area contributed by atoms with Crippen molar-refractivity contribution in [2.24, 2.45) is 10.7 Å². The van der Waals surface area contributed by atoms with E-state index >= 15 is 0 Å². The van der Waals surface area contributed by atoms with E-state index in [1.807, 2.05) is 42.2 Å². The predicted molar refractivity (Wildman–Crippen MR) is 120 cm³/mol. The minimum absolute atomic E-state index is 0.0472. The van der Waals surface area contributed by atoms with E-state index in [4.69, 9.17) is 5.73 Å². The first-order chi connectivity index (χ1) is 14.4. The molecule has 1 amide bonds. The Morgan fingerprint density at radius 3 is 2.63 bits per heavy atom. The number of aliphatic imine (C=N–C) groups is 1. The predicted octanol–water partition coefficient (Wildman–Crippen LogP) is 1.83. The van der Waals surface area contributed by atoms with E-state index in [9.17, 15) is 4.79 Å². The summed E-state index contributed by atoms with van der Waals surface area (Å²) in [5.41, 5.74) is 11.2. The Kier molecular flexibility index (Phi) is 6.89. The van der Waals surface area contributed by atoms with Gasteiger partial charge >= 0.3 is 0 Å². The van der Waals surface area contributed by atoms with Crippen molar-refractivity contribution in [1.29, 1.82) is 0 Å². The van der Waals surface area contributed by atoms with Crippen LogP contribution in [0.2, 0.25) is 0 Å². The van der Waals surface area contributed by atoms with Crippen molar-refractivity contribution in [3.8, 4) is 11.1 Å². The monoisotopic (exact) mass is 409 g/mol. The maximum Gasteiger partial charge on any atom is 0.219 e. The minimum Gasteiger partial charge on any atom is -0.391 e. The number of hydrogen-bond acceptors (Lipinski definition) is 5. The zero-order valence-corrected chi connectivity index (χ0v) is 18.2. The summed E-state index contributed by atoms with van der Waals surface area (Å²) in [5, 5.41) is 7.63. The average Bonchev–Trinajstić information content (AvgIpc) is 3.21. The molecule has 3 rings (SSSR count). The quantitative estimate of drug-likeness (QED) is 0.538. The highest BCUT2D eigenvalue weighted by atomic mass is 16.2. The second kappa shape index (κ2) is 9.58. The number of amidine groups is 1. The first-order valence-electron chi connectivity index (χ1n) is 10.1. The van der Waals surface area contributed by atoms with Crippen LogP contribution in [0.15, 0.2) is 52.9 Å². The van der Waals surface area contributed by atoms with Gasteiger partial charge in [-0.15, -0.1) is 0 Å². The Bertz CT molecular complexity index is 941. The molecule has 0 radical (unpaired) electrons. The Balaban J connectivity index is 1.75. The summed E-state index contributed by atoms with van der Waals surface area (Å²) in [7, 11) is 5.98. The second-order valence-electron chi connectivity index (χ2n) is 7.74. The molecule has 0 bridgehead atoms. The summed E-state index contributed by atoms with van der Waals surface area (Å²) < 4.78 is 1.95. The molecule has 0 saturated carbocycles. The van der Waals surface area contributed by atoms with Crippen LogP contribution < -0.4 is 11.1 Å². The van der Waals surface area contributed by atoms with Gasteiger partial charge in [0.2, 0.25) is 5.91 Å². The summed E-state index contributed by atoms with van der Waals surface area (Å²) in [4.78, 5) is 20.3. The van der Waals surface area contributed by atoms with Gasteiger partial charge in [-0.05, 0) is 31.8 Å². The van der Waals surface area contributed by atoms with E-state index in [-0.39, 0.29) is 5.91 Å². The number of likely N-dealkylation sites (N-methyl/N-ethyl adjacent to an activating group) is 1. The van der Waals surface area contributed by atoms with Crippen LogP contribution >= 0.6 is 0 Å². The maximum atomic E-state index is 11.8. The van der Waals surface area contributed by atoms with E-state index in [0.29, 0.717) is 18.9 Å². The first kappa shape index (κ1) is 21.6. The Labute approximate surface area is 178 Å². The molecule has 8 nitrogen and oxygen atoms in total. The van der Waals surface area contributed by atoms with Gasteiger partial charge in [-0.3, -0.25) is 9.48 Å². The molecule has 0 atom stereocenters. The molecular formula is C22H31N7O. The molecule has 0 aliphatic carbocycles. The van der Waals surface area contributed by atoms with E-state index in [2.05, 4.69) is 40.6 Å². The van der Waals surface area contributed by atoms with Crippen LogP contribution in [0.1, 0.15) is 13.3 Å². The lowest BCUT2D eigenvalue weighted by atomic mass is 10.0. The number of carbonyl (C=O) groups excluding carboxylic acids is 1. The highest BCUT2D eigenvalue weighted by Gasteiger charge is 2.22. The lowest BCUT2D eigenvalue weighted by Crippen LogP contribution is -2.40. The number of nitrogens with zero attached hydrogens (tertiary/aromatic N) is 5. The number of nitrogens with one attached hydrogen (secondary N) is 1. The number of rotatable bonds is 7. The normalized spacial score (nSPS) is 15.1. The fraction of sp³-hybridized carbons (Fsp3) is 0.409. The van der Waals surface area contributed by atoms with Crippen molar-refractivity contribution >= 4 is 17.4 Å². The molecule has 2 heterocycles. The molecule has 0 spiro atoms. The third kappa shape index (κ3) is 5.27. The standard InChI is InChI=1S/C22H31N7O/c1-16(30)28-10-9-21(24-2)20(15-28)22(23)26-19-7-5-17(6-8-19)18-13-25-29(14-18)12-11-27(3)4/h5-8,13-14,24H,9-12,15H2,1-4H3,(H2,23,26). The highest BCUT2D eigenvalue weighted by Crippen LogP contribution is 2.23. The van der Waals surface area contributed by atoms with E-state index < -0.39 is 0 Å². The van der Waals surface area contributed by atoms with Gasteiger partial charge in [-0.25, -0.2) is 4.99 Å². The van der Waals surface area contributed by atoms with Crippen LogP contribution in [0.5, 0.6) is 0 Å². The fourth-order valence-electron chi connectivity index (χ4n) is 3.42. The first-order valence-corrected chi connectivity index (χ1v) is 10.1. The molecule has 3 N–H and O–H groups in total. The van der Waals surface area contributed by atoms with Gasteiger partial charge in [0, 0.05) is 56.5 Å². The Hall–Kier alpha value is -3.13. The van der Waals surface area contributed by atoms with E-state index in [1.165, 1.54) is 0 Å². The molecule has 1 aromatic heterocycles. The lowest BCUT2D eigenvalue weighted by Gasteiger charge is -2.29.